The summed E-state index contributed by atoms with van der Waals surface area (Å²) in [5.41, 5.74) is 5.42. The number of ether oxygens (including phenoxy) is 1. The van der Waals surface area contributed by atoms with Crippen molar-refractivity contribution in [1.82, 2.24) is 9.97 Å². The Kier molecular flexibility index (Phi) is 7.90. The molecule has 4 rings (SSSR count). The second kappa shape index (κ2) is 11.0. The maximum Gasteiger partial charge on any atom is 0.161 e. The molecule has 2 aromatic carbocycles. The van der Waals surface area contributed by atoms with Gasteiger partial charge in [-0.15, -0.1) is 0 Å². The molecule has 1 saturated heterocycles. The third-order valence-corrected chi connectivity index (χ3v) is 6.79. The van der Waals surface area contributed by atoms with Gasteiger partial charge in [0.05, 0.1) is 24.6 Å². The minimum atomic E-state index is 0.498. The van der Waals surface area contributed by atoms with E-state index in [1.807, 2.05) is 25.1 Å². The quantitative estimate of drug-likeness (QED) is 0.319. The molecule has 0 atom stereocenters. The summed E-state index contributed by atoms with van der Waals surface area (Å²) in [7, 11) is 0. The number of hydrogen-bond donors (Lipinski definition) is 2. The van der Waals surface area contributed by atoms with E-state index in [1.54, 1.807) is 23.7 Å². The van der Waals surface area contributed by atoms with Crippen molar-refractivity contribution in [2.24, 2.45) is 0 Å². The molecule has 1 fully saturated rings. The SMILES string of the molecule is CSCc1cc(N2CCOCC2)nc(-c2ccc(NSc3ccc(C)cc3)c(C(C)=N)c2)n1. The highest BCUT2D eigenvalue weighted by Crippen LogP contribution is 2.29. The number of benzene rings is 2. The van der Waals surface area contributed by atoms with E-state index >= 15 is 0 Å². The van der Waals surface area contributed by atoms with Gasteiger partial charge in [0.15, 0.2) is 5.82 Å². The van der Waals surface area contributed by atoms with Gasteiger partial charge >= 0.3 is 0 Å². The van der Waals surface area contributed by atoms with E-state index < -0.39 is 0 Å². The van der Waals surface area contributed by atoms with Crippen molar-refractivity contribution in [2.45, 2.75) is 24.5 Å². The molecule has 0 spiro atoms. The van der Waals surface area contributed by atoms with Crippen molar-refractivity contribution < 1.29 is 4.74 Å². The fraction of sp³-hybridized carbons (Fsp3) is 0.320. The van der Waals surface area contributed by atoms with Gasteiger partial charge in [-0.25, -0.2) is 9.97 Å². The molecule has 0 aliphatic carbocycles. The lowest BCUT2D eigenvalue weighted by Crippen LogP contribution is -2.37. The van der Waals surface area contributed by atoms with Crippen LogP contribution in [0.2, 0.25) is 0 Å². The maximum atomic E-state index is 8.34. The predicted molar refractivity (Wildman–Crippen MR) is 141 cm³/mol. The summed E-state index contributed by atoms with van der Waals surface area (Å²) < 4.78 is 8.92. The molecule has 0 amide bonds. The largest absolute Gasteiger partial charge is 0.378 e. The minimum absolute atomic E-state index is 0.498. The zero-order valence-electron chi connectivity index (χ0n) is 19.2. The van der Waals surface area contributed by atoms with Crippen LogP contribution in [0.5, 0.6) is 0 Å². The second-order valence-corrected chi connectivity index (χ2v) is 9.72. The van der Waals surface area contributed by atoms with Gasteiger partial charge in [-0.3, -0.25) is 0 Å². The number of morpholine rings is 1. The van der Waals surface area contributed by atoms with Crippen molar-refractivity contribution >= 4 is 40.9 Å². The summed E-state index contributed by atoms with van der Waals surface area (Å²) in [5.74, 6) is 2.47. The van der Waals surface area contributed by atoms with E-state index in [-0.39, 0.29) is 0 Å². The Labute approximate surface area is 204 Å². The van der Waals surface area contributed by atoms with Crippen LogP contribution in [0.25, 0.3) is 11.4 Å². The van der Waals surface area contributed by atoms with Crippen LogP contribution in [0.1, 0.15) is 23.7 Å². The van der Waals surface area contributed by atoms with Crippen molar-refractivity contribution in [2.75, 3.05) is 42.2 Å². The molecule has 172 valence electrons. The lowest BCUT2D eigenvalue weighted by atomic mass is 10.0. The molecule has 33 heavy (non-hydrogen) atoms. The van der Waals surface area contributed by atoms with Gasteiger partial charge < -0.3 is 19.8 Å². The standard InChI is InChI=1S/C25H29N5OS2/c1-17-4-7-21(8-5-17)33-29-23-9-6-19(14-22(23)18(2)26)25-27-20(16-32-3)15-24(28-25)30-10-12-31-13-11-30/h4-9,14-15,26,29H,10-13,16H2,1-3H3. The fourth-order valence-electron chi connectivity index (χ4n) is 3.59. The van der Waals surface area contributed by atoms with Crippen LogP contribution in [-0.4, -0.2) is 48.2 Å². The van der Waals surface area contributed by atoms with E-state index in [0.29, 0.717) is 24.7 Å². The Balaban J connectivity index is 1.63. The summed E-state index contributed by atoms with van der Waals surface area (Å²) >= 11 is 3.30. The molecule has 1 aromatic heterocycles. The van der Waals surface area contributed by atoms with Crippen molar-refractivity contribution in [1.29, 1.82) is 5.41 Å². The molecule has 0 unspecified atom stereocenters. The van der Waals surface area contributed by atoms with Crippen LogP contribution in [0.3, 0.4) is 0 Å². The van der Waals surface area contributed by atoms with Crippen molar-refractivity contribution in [3.8, 4) is 11.4 Å². The third-order valence-electron chi connectivity index (χ3n) is 5.37. The zero-order chi connectivity index (χ0) is 23.2. The van der Waals surface area contributed by atoms with Gasteiger partial charge in [0.25, 0.3) is 0 Å². The molecule has 6 nitrogen and oxygen atoms in total. The summed E-state index contributed by atoms with van der Waals surface area (Å²) in [4.78, 5) is 13.1. The minimum Gasteiger partial charge on any atom is -0.378 e. The first-order valence-corrected chi connectivity index (χ1v) is 13.1. The maximum absolute atomic E-state index is 8.34. The van der Waals surface area contributed by atoms with Crippen molar-refractivity contribution in [3.05, 3.63) is 65.4 Å². The number of thioether (sulfide) groups is 1. The van der Waals surface area contributed by atoms with E-state index in [4.69, 9.17) is 20.1 Å². The van der Waals surface area contributed by atoms with E-state index in [9.17, 15) is 0 Å². The molecular formula is C25H29N5OS2. The van der Waals surface area contributed by atoms with Gasteiger partial charge in [-0.1, -0.05) is 17.7 Å². The van der Waals surface area contributed by atoms with Crippen LogP contribution < -0.4 is 9.62 Å². The Morgan fingerprint density at radius 1 is 1.09 bits per heavy atom. The normalized spacial score (nSPS) is 13.7. The topological polar surface area (TPSA) is 74.1 Å². The smallest absolute Gasteiger partial charge is 0.161 e. The zero-order valence-corrected chi connectivity index (χ0v) is 20.9. The number of aryl methyl sites for hydroxylation is 1. The fourth-order valence-corrected chi connectivity index (χ4v) is 4.71. The first-order chi connectivity index (χ1) is 16.0. The van der Waals surface area contributed by atoms with E-state index in [2.05, 4.69) is 53.1 Å². The van der Waals surface area contributed by atoms with Crippen LogP contribution in [0.15, 0.2) is 53.4 Å². The number of aromatic nitrogens is 2. The van der Waals surface area contributed by atoms with Gasteiger partial charge in [-0.2, -0.15) is 11.8 Å². The van der Waals surface area contributed by atoms with Crippen LogP contribution in [0, 0.1) is 12.3 Å². The van der Waals surface area contributed by atoms with Crippen LogP contribution in [-0.2, 0) is 10.5 Å². The van der Waals surface area contributed by atoms with E-state index in [0.717, 1.165) is 52.1 Å². The Morgan fingerprint density at radius 2 is 1.85 bits per heavy atom. The molecule has 0 radical (unpaired) electrons. The highest BCUT2D eigenvalue weighted by molar-refractivity contribution is 8.00. The lowest BCUT2D eigenvalue weighted by Gasteiger charge is -2.28. The summed E-state index contributed by atoms with van der Waals surface area (Å²) in [5, 5.41) is 8.34. The van der Waals surface area contributed by atoms with Gasteiger partial charge in [0, 0.05) is 46.6 Å². The predicted octanol–water partition coefficient (Wildman–Crippen LogP) is 5.66. The number of anilines is 2. The Morgan fingerprint density at radius 3 is 2.55 bits per heavy atom. The first kappa shape index (κ1) is 23.6. The molecule has 0 bridgehead atoms. The molecule has 2 heterocycles. The monoisotopic (exact) mass is 479 g/mol. The molecule has 2 N–H and O–H groups in total. The average molecular weight is 480 g/mol. The third kappa shape index (κ3) is 6.07. The average Bonchev–Trinajstić information content (AvgIpc) is 2.84. The highest BCUT2D eigenvalue weighted by Gasteiger charge is 2.17. The highest BCUT2D eigenvalue weighted by atomic mass is 32.2. The Hall–Kier alpha value is -2.55. The summed E-state index contributed by atoms with van der Waals surface area (Å²) in [6.45, 7) is 6.99. The summed E-state index contributed by atoms with van der Waals surface area (Å²) in [6, 6.07) is 16.5. The number of rotatable bonds is 8. The van der Waals surface area contributed by atoms with Gasteiger partial charge in [0.2, 0.25) is 0 Å². The molecule has 8 heteroatoms. The second-order valence-electron chi connectivity index (χ2n) is 7.98. The van der Waals surface area contributed by atoms with Gasteiger partial charge in [-0.05, 0) is 62.4 Å². The van der Waals surface area contributed by atoms with E-state index in [1.165, 1.54) is 5.56 Å². The molecule has 0 saturated carbocycles. The molecular weight excluding hydrogens is 450 g/mol. The summed E-state index contributed by atoms with van der Waals surface area (Å²) in [6.07, 6.45) is 2.08. The molecule has 3 aromatic rings. The van der Waals surface area contributed by atoms with Crippen molar-refractivity contribution in [3.63, 3.8) is 0 Å². The number of nitrogens with one attached hydrogen (secondary N) is 2. The van der Waals surface area contributed by atoms with Gasteiger partial charge in [0.1, 0.15) is 5.82 Å². The molecule has 1 aliphatic rings. The lowest BCUT2D eigenvalue weighted by molar-refractivity contribution is 0.122. The number of hydrogen-bond acceptors (Lipinski definition) is 8. The van der Waals surface area contributed by atoms with Crippen LogP contribution >= 0.6 is 23.7 Å². The Bertz CT molecular complexity index is 1110. The molecule has 1 aliphatic heterocycles. The number of nitrogens with zero attached hydrogens (tertiary/aromatic N) is 3. The van der Waals surface area contributed by atoms with Crippen LogP contribution in [0.4, 0.5) is 11.5 Å². The first-order valence-electron chi connectivity index (χ1n) is 10.9.